The van der Waals surface area contributed by atoms with E-state index >= 15 is 0 Å². The second kappa shape index (κ2) is 6.71. The number of halogens is 1. The second-order valence-electron chi connectivity index (χ2n) is 6.80. The van der Waals surface area contributed by atoms with Crippen molar-refractivity contribution in [1.29, 1.82) is 0 Å². The molecule has 2 atom stereocenters. The van der Waals surface area contributed by atoms with Gasteiger partial charge in [-0.05, 0) is 75.8 Å². The van der Waals surface area contributed by atoms with Crippen LogP contribution in [0.3, 0.4) is 0 Å². The predicted molar refractivity (Wildman–Crippen MR) is 96.0 cm³/mol. The summed E-state index contributed by atoms with van der Waals surface area (Å²) in [5.41, 5.74) is 3.92. The minimum Gasteiger partial charge on any atom is -0.315 e. The molecule has 3 rings (SSSR count). The largest absolute Gasteiger partial charge is 0.315 e. The first kappa shape index (κ1) is 18.7. The first-order valence-electron chi connectivity index (χ1n) is 8.15. The van der Waals surface area contributed by atoms with Gasteiger partial charge in [-0.15, -0.1) is 12.4 Å². The van der Waals surface area contributed by atoms with Crippen molar-refractivity contribution in [2.75, 3.05) is 13.1 Å². The number of sulfonamides is 1. The van der Waals surface area contributed by atoms with Crippen LogP contribution < -0.4 is 5.32 Å². The lowest BCUT2D eigenvalue weighted by Gasteiger charge is -2.29. The number of nitrogens with one attached hydrogen (secondary N) is 1. The molecule has 6 heteroatoms. The molecule has 0 amide bonds. The maximum absolute atomic E-state index is 13.4. The molecule has 0 aliphatic carbocycles. The summed E-state index contributed by atoms with van der Waals surface area (Å²) in [6, 6.07) is 2.35. The molecule has 2 fully saturated rings. The Morgan fingerprint density at radius 3 is 2.17 bits per heavy atom. The highest BCUT2D eigenvalue weighted by Crippen LogP contribution is 2.37. The molecular formula is C17H27ClN2O2S. The number of hydrogen-bond acceptors (Lipinski definition) is 3. The van der Waals surface area contributed by atoms with Gasteiger partial charge in [-0.1, -0.05) is 6.07 Å². The van der Waals surface area contributed by atoms with Gasteiger partial charge in [0, 0.05) is 18.6 Å². The number of rotatable bonds is 2. The number of fused-ring (bicyclic) bond motifs is 2. The first-order chi connectivity index (χ1) is 10.3. The van der Waals surface area contributed by atoms with E-state index in [4.69, 9.17) is 0 Å². The highest BCUT2D eigenvalue weighted by molar-refractivity contribution is 7.89. The van der Waals surface area contributed by atoms with Crippen LogP contribution >= 0.6 is 12.4 Å². The van der Waals surface area contributed by atoms with E-state index in [0.29, 0.717) is 4.90 Å². The quantitative estimate of drug-likeness (QED) is 0.884. The normalized spacial score (nSPS) is 25.0. The molecule has 2 heterocycles. The van der Waals surface area contributed by atoms with Crippen molar-refractivity contribution in [2.45, 2.75) is 63.9 Å². The molecule has 1 aromatic rings. The van der Waals surface area contributed by atoms with E-state index in [-0.39, 0.29) is 24.5 Å². The Hall–Kier alpha value is -0.620. The van der Waals surface area contributed by atoms with Crippen molar-refractivity contribution in [1.82, 2.24) is 9.62 Å². The Balaban J connectivity index is 0.00000192. The molecule has 0 radical (unpaired) electrons. The SMILES string of the molecule is Cc1cc(C)c(C)c(S(=O)(=O)N2C3CCNCC2CC3)c1C.Cl. The average molecular weight is 359 g/mol. The topological polar surface area (TPSA) is 49.4 Å². The second-order valence-corrected chi connectivity index (χ2v) is 8.58. The molecule has 0 aromatic heterocycles. The minimum atomic E-state index is -3.43. The lowest BCUT2D eigenvalue weighted by Crippen LogP contribution is -2.43. The smallest absolute Gasteiger partial charge is 0.244 e. The molecule has 130 valence electrons. The van der Waals surface area contributed by atoms with Gasteiger partial charge in [0.2, 0.25) is 10.0 Å². The van der Waals surface area contributed by atoms with Crippen molar-refractivity contribution in [3.63, 3.8) is 0 Å². The molecule has 4 nitrogen and oxygen atoms in total. The molecule has 2 aliphatic rings. The highest BCUT2D eigenvalue weighted by atomic mass is 35.5. The third-order valence-corrected chi connectivity index (χ3v) is 7.70. The monoisotopic (exact) mass is 358 g/mol. The van der Waals surface area contributed by atoms with Gasteiger partial charge < -0.3 is 5.32 Å². The minimum absolute atomic E-state index is 0. The third-order valence-electron chi connectivity index (χ3n) is 5.42. The summed E-state index contributed by atoms with van der Waals surface area (Å²) in [7, 11) is -3.43. The first-order valence-corrected chi connectivity index (χ1v) is 9.59. The molecule has 2 bridgehead atoms. The number of aryl methyl sites for hydroxylation is 2. The van der Waals surface area contributed by atoms with Crippen LogP contribution in [0.25, 0.3) is 0 Å². The molecule has 0 spiro atoms. The van der Waals surface area contributed by atoms with Gasteiger partial charge in [0.15, 0.2) is 0 Å². The molecule has 2 aliphatic heterocycles. The Morgan fingerprint density at radius 1 is 1.00 bits per heavy atom. The van der Waals surface area contributed by atoms with Gasteiger partial charge in [0.25, 0.3) is 0 Å². The fourth-order valence-corrected chi connectivity index (χ4v) is 6.49. The Kier molecular flexibility index (Phi) is 5.46. The molecule has 2 unspecified atom stereocenters. The highest BCUT2D eigenvalue weighted by Gasteiger charge is 2.44. The fourth-order valence-electron chi connectivity index (χ4n) is 4.00. The summed E-state index contributed by atoms with van der Waals surface area (Å²) in [6.07, 6.45) is 2.88. The average Bonchev–Trinajstić information content (AvgIpc) is 2.70. The summed E-state index contributed by atoms with van der Waals surface area (Å²) in [5, 5.41) is 3.38. The Labute approximate surface area is 146 Å². The van der Waals surface area contributed by atoms with Crippen LogP contribution in [-0.2, 0) is 10.0 Å². The van der Waals surface area contributed by atoms with Gasteiger partial charge in [-0.2, -0.15) is 4.31 Å². The van der Waals surface area contributed by atoms with Gasteiger partial charge in [0.1, 0.15) is 0 Å². The third kappa shape index (κ3) is 3.04. The Bertz CT molecular complexity index is 663. The zero-order valence-corrected chi connectivity index (χ0v) is 16.0. The van der Waals surface area contributed by atoms with E-state index in [2.05, 4.69) is 11.4 Å². The molecule has 0 saturated carbocycles. The molecule has 2 saturated heterocycles. The van der Waals surface area contributed by atoms with Crippen LogP contribution in [0.1, 0.15) is 41.5 Å². The van der Waals surface area contributed by atoms with Crippen LogP contribution in [0.4, 0.5) is 0 Å². The van der Waals surface area contributed by atoms with Crippen LogP contribution in [0, 0.1) is 27.7 Å². The van der Waals surface area contributed by atoms with E-state index in [0.717, 1.165) is 54.6 Å². The maximum atomic E-state index is 13.4. The van der Waals surface area contributed by atoms with Crippen LogP contribution in [0.2, 0.25) is 0 Å². The zero-order chi connectivity index (χ0) is 16.1. The number of nitrogens with zero attached hydrogens (tertiary/aromatic N) is 1. The van der Waals surface area contributed by atoms with Crippen molar-refractivity contribution in [3.8, 4) is 0 Å². The van der Waals surface area contributed by atoms with E-state index in [9.17, 15) is 8.42 Å². The van der Waals surface area contributed by atoms with Crippen LogP contribution in [0.15, 0.2) is 11.0 Å². The molecular weight excluding hydrogens is 332 g/mol. The van der Waals surface area contributed by atoms with Crippen LogP contribution in [-0.4, -0.2) is 37.9 Å². The summed E-state index contributed by atoms with van der Waals surface area (Å²) < 4.78 is 28.7. The summed E-state index contributed by atoms with van der Waals surface area (Å²) in [6.45, 7) is 9.56. The van der Waals surface area contributed by atoms with Crippen molar-refractivity contribution < 1.29 is 8.42 Å². The standard InChI is InChI=1S/C17H26N2O2S.ClH/c1-11-9-12(2)14(4)17(13(11)3)22(20,21)19-15-5-6-16(19)10-18-8-7-15;/h9,15-16,18H,5-8,10H2,1-4H3;1H. The lowest BCUT2D eigenvalue weighted by molar-refractivity contribution is 0.334. The van der Waals surface area contributed by atoms with E-state index in [1.165, 1.54) is 0 Å². The maximum Gasteiger partial charge on any atom is 0.244 e. The van der Waals surface area contributed by atoms with E-state index < -0.39 is 10.0 Å². The molecule has 23 heavy (non-hydrogen) atoms. The molecule has 1 N–H and O–H groups in total. The predicted octanol–water partition coefficient (Wildman–Crippen LogP) is 2.86. The zero-order valence-electron chi connectivity index (χ0n) is 14.3. The number of benzene rings is 1. The summed E-state index contributed by atoms with van der Waals surface area (Å²) >= 11 is 0. The van der Waals surface area contributed by atoms with Gasteiger partial charge in [-0.25, -0.2) is 8.42 Å². The summed E-state index contributed by atoms with van der Waals surface area (Å²) in [5.74, 6) is 0. The van der Waals surface area contributed by atoms with E-state index in [1.807, 2.05) is 32.0 Å². The van der Waals surface area contributed by atoms with Crippen LogP contribution in [0.5, 0.6) is 0 Å². The van der Waals surface area contributed by atoms with Gasteiger partial charge in [0.05, 0.1) is 4.90 Å². The summed E-state index contributed by atoms with van der Waals surface area (Å²) in [4.78, 5) is 0.545. The fraction of sp³-hybridized carbons (Fsp3) is 0.647. The van der Waals surface area contributed by atoms with Gasteiger partial charge >= 0.3 is 0 Å². The van der Waals surface area contributed by atoms with E-state index in [1.54, 1.807) is 0 Å². The number of hydrogen-bond donors (Lipinski definition) is 1. The molecule has 1 aromatic carbocycles. The Morgan fingerprint density at radius 2 is 1.57 bits per heavy atom. The van der Waals surface area contributed by atoms with Crippen molar-refractivity contribution in [3.05, 3.63) is 28.3 Å². The van der Waals surface area contributed by atoms with Crippen molar-refractivity contribution >= 4 is 22.4 Å². The lowest BCUT2D eigenvalue weighted by atomic mass is 10.0. The van der Waals surface area contributed by atoms with Crippen molar-refractivity contribution in [2.24, 2.45) is 0 Å². The van der Waals surface area contributed by atoms with Gasteiger partial charge in [-0.3, -0.25) is 0 Å².